The molecular weight excluding hydrogens is 547 g/mol. The molecule has 0 spiro atoms. The fourth-order valence-corrected chi connectivity index (χ4v) is 3.57. The molecule has 1 aliphatic heterocycles. The summed E-state index contributed by atoms with van der Waals surface area (Å²) in [7, 11) is 1.61. The van der Waals surface area contributed by atoms with Gasteiger partial charge in [-0.25, -0.2) is 14.6 Å². The summed E-state index contributed by atoms with van der Waals surface area (Å²) in [5.74, 6) is -2.99. The highest BCUT2D eigenvalue weighted by atomic mass is 19.4. The molecule has 1 heterocycles. The highest BCUT2D eigenvalue weighted by Crippen LogP contribution is 2.14. The summed E-state index contributed by atoms with van der Waals surface area (Å²) in [4.78, 5) is 41.3. The van der Waals surface area contributed by atoms with Gasteiger partial charge in [0.1, 0.15) is 0 Å². The fourth-order valence-electron chi connectivity index (χ4n) is 3.57. The standard InChI is InChI=1S/C25H33N5O4.C2HF3O2/c1-19-3-5-20(6-4-19)17-27-25(28-22-9-7-21(8-10-22)24(32)33)30-14-12-29(13-15-30)18-23(31)26-11-16-34-2;3-2(4,5)1(6)7/h3-10H,11-18H2,1-2H3,(H,26,31)(H,27,28)(H,32,33);(H,6,7). The second-order valence-electron chi connectivity index (χ2n) is 9.04. The summed E-state index contributed by atoms with van der Waals surface area (Å²) in [6, 6.07) is 14.9. The van der Waals surface area contributed by atoms with Gasteiger partial charge in [-0.2, -0.15) is 13.2 Å². The number of alkyl halides is 3. The molecule has 2 aromatic rings. The van der Waals surface area contributed by atoms with E-state index in [0.717, 1.165) is 43.4 Å². The minimum atomic E-state index is -5.08. The van der Waals surface area contributed by atoms with E-state index in [4.69, 9.17) is 24.7 Å². The predicted octanol–water partition coefficient (Wildman–Crippen LogP) is 2.67. The van der Waals surface area contributed by atoms with E-state index in [2.05, 4.69) is 51.6 Å². The number of hydrogen-bond acceptors (Lipinski definition) is 6. The number of rotatable bonds is 9. The van der Waals surface area contributed by atoms with Gasteiger partial charge in [-0.1, -0.05) is 29.8 Å². The first-order chi connectivity index (χ1) is 19.4. The minimum Gasteiger partial charge on any atom is -0.478 e. The molecule has 14 heteroatoms. The van der Waals surface area contributed by atoms with Gasteiger partial charge in [-0.05, 0) is 36.8 Å². The van der Waals surface area contributed by atoms with E-state index in [1.807, 2.05) is 0 Å². The van der Waals surface area contributed by atoms with Gasteiger partial charge < -0.3 is 30.5 Å². The van der Waals surface area contributed by atoms with Gasteiger partial charge in [0.2, 0.25) is 5.91 Å². The number of methoxy groups -OCH3 is 1. The molecule has 0 aromatic heterocycles. The lowest BCUT2D eigenvalue weighted by atomic mass is 10.1. The molecule has 0 radical (unpaired) electrons. The second-order valence-corrected chi connectivity index (χ2v) is 9.04. The Balaban J connectivity index is 0.000000745. The van der Waals surface area contributed by atoms with Crippen molar-refractivity contribution in [3.05, 3.63) is 65.2 Å². The molecule has 1 amide bonds. The Morgan fingerprint density at radius 2 is 1.56 bits per heavy atom. The summed E-state index contributed by atoms with van der Waals surface area (Å²) in [5.41, 5.74) is 3.32. The number of aliphatic carboxylic acids is 1. The highest BCUT2D eigenvalue weighted by molar-refractivity contribution is 5.94. The van der Waals surface area contributed by atoms with E-state index >= 15 is 0 Å². The molecule has 0 atom stereocenters. The van der Waals surface area contributed by atoms with E-state index in [-0.39, 0.29) is 11.5 Å². The average Bonchev–Trinajstić information content (AvgIpc) is 2.92. The van der Waals surface area contributed by atoms with Gasteiger partial charge in [0, 0.05) is 45.5 Å². The number of amides is 1. The lowest BCUT2D eigenvalue weighted by Gasteiger charge is -2.36. The largest absolute Gasteiger partial charge is 0.490 e. The molecule has 1 saturated heterocycles. The van der Waals surface area contributed by atoms with Crippen molar-refractivity contribution in [1.29, 1.82) is 0 Å². The SMILES string of the molecule is COCCNC(=O)CN1CCN(C(=NCc2ccc(C)cc2)Nc2ccc(C(=O)O)cc2)CC1.O=C(O)C(F)(F)F. The third-order valence-electron chi connectivity index (χ3n) is 5.83. The number of nitrogens with zero attached hydrogens (tertiary/aromatic N) is 3. The van der Waals surface area contributed by atoms with Crippen molar-refractivity contribution in [3.63, 3.8) is 0 Å². The maximum atomic E-state index is 12.1. The normalized spacial score (nSPS) is 14.1. The van der Waals surface area contributed by atoms with Crippen LogP contribution in [0.15, 0.2) is 53.5 Å². The number of aryl methyl sites for hydroxylation is 1. The zero-order valence-electron chi connectivity index (χ0n) is 22.8. The number of aromatic carboxylic acids is 1. The van der Waals surface area contributed by atoms with Crippen LogP contribution in [0, 0.1) is 6.92 Å². The number of carboxylic acids is 2. The first-order valence-electron chi connectivity index (χ1n) is 12.6. The molecule has 11 nitrogen and oxygen atoms in total. The number of benzene rings is 2. The minimum absolute atomic E-state index is 0.00425. The molecule has 224 valence electrons. The van der Waals surface area contributed by atoms with Crippen molar-refractivity contribution in [2.24, 2.45) is 4.99 Å². The van der Waals surface area contributed by atoms with Crippen LogP contribution in [-0.4, -0.2) is 103 Å². The van der Waals surface area contributed by atoms with Crippen molar-refractivity contribution in [3.8, 4) is 0 Å². The van der Waals surface area contributed by atoms with Crippen LogP contribution in [-0.2, 0) is 20.9 Å². The first kappa shape index (κ1) is 33.0. The number of halogens is 3. The zero-order chi connectivity index (χ0) is 30.4. The van der Waals surface area contributed by atoms with Crippen LogP contribution in [0.25, 0.3) is 0 Å². The van der Waals surface area contributed by atoms with E-state index in [1.165, 1.54) is 5.56 Å². The highest BCUT2D eigenvalue weighted by Gasteiger charge is 2.38. The molecule has 0 bridgehead atoms. The van der Waals surface area contributed by atoms with Crippen LogP contribution in [0.3, 0.4) is 0 Å². The van der Waals surface area contributed by atoms with Crippen LogP contribution >= 0.6 is 0 Å². The van der Waals surface area contributed by atoms with Crippen molar-refractivity contribution in [1.82, 2.24) is 15.1 Å². The van der Waals surface area contributed by atoms with Gasteiger partial charge in [0.15, 0.2) is 5.96 Å². The molecule has 1 aliphatic rings. The number of carboxylic acid groups (broad SMARTS) is 2. The third-order valence-corrected chi connectivity index (χ3v) is 5.83. The molecule has 0 saturated carbocycles. The van der Waals surface area contributed by atoms with Crippen molar-refractivity contribution in [2.45, 2.75) is 19.6 Å². The third kappa shape index (κ3) is 12.3. The van der Waals surface area contributed by atoms with Crippen LogP contribution in [0.4, 0.5) is 18.9 Å². The Morgan fingerprint density at radius 1 is 0.976 bits per heavy atom. The number of aliphatic imine (C=N–C) groups is 1. The fraction of sp³-hybridized carbons (Fsp3) is 0.407. The zero-order valence-corrected chi connectivity index (χ0v) is 22.8. The predicted molar refractivity (Wildman–Crippen MR) is 146 cm³/mol. The summed E-state index contributed by atoms with van der Waals surface area (Å²) in [6.07, 6.45) is -5.08. The van der Waals surface area contributed by atoms with Gasteiger partial charge in [-0.15, -0.1) is 0 Å². The monoisotopic (exact) mass is 581 g/mol. The molecule has 0 aliphatic carbocycles. The quantitative estimate of drug-likeness (QED) is 0.200. The van der Waals surface area contributed by atoms with Crippen LogP contribution in [0.2, 0.25) is 0 Å². The van der Waals surface area contributed by atoms with Crippen molar-refractivity contribution in [2.75, 3.05) is 58.3 Å². The molecule has 2 aromatic carbocycles. The number of piperazine rings is 1. The van der Waals surface area contributed by atoms with E-state index in [9.17, 15) is 22.8 Å². The number of nitrogens with one attached hydrogen (secondary N) is 2. The van der Waals surface area contributed by atoms with Crippen LogP contribution in [0.1, 0.15) is 21.5 Å². The molecule has 4 N–H and O–H groups in total. The van der Waals surface area contributed by atoms with E-state index in [1.54, 1.807) is 31.4 Å². The number of hydrogen-bond donors (Lipinski definition) is 4. The Kier molecular flexibility index (Phi) is 13.0. The van der Waals surface area contributed by atoms with Crippen LogP contribution < -0.4 is 10.6 Å². The topological polar surface area (TPSA) is 144 Å². The number of carbonyl (C=O) groups excluding carboxylic acids is 1. The van der Waals surface area contributed by atoms with Crippen molar-refractivity contribution < 1.29 is 42.5 Å². The number of anilines is 1. The van der Waals surface area contributed by atoms with Crippen LogP contribution in [0.5, 0.6) is 0 Å². The molecule has 41 heavy (non-hydrogen) atoms. The van der Waals surface area contributed by atoms with Crippen molar-refractivity contribution >= 4 is 29.5 Å². The van der Waals surface area contributed by atoms with Gasteiger partial charge >= 0.3 is 18.1 Å². The van der Waals surface area contributed by atoms with E-state index in [0.29, 0.717) is 26.2 Å². The summed E-state index contributed by atoms with van der Waals surface area (Å²) < 4.78 is 36.7. The maximum absolute atomic E-state index is 12.1. The van der Waals surface area contributed by atoms with Gasteiger partial charge in [0.05, 0.1) is 25.3 Å². The second kappa shape index (κ2) is 16.2. The number of guanidine groups is 1. The Morgan fingerprint density at radius 3 is 2.07 bits per heavy atom. The maximum Gasteiger partial charge on any atom is 0.490 e. The molecule has 3 rings (SSSR count). The number of ether oxygens (including phenoxy) is 1. The first-order valence-corrected chi connectivity index (χ1v) is 12.6. The Bertz CT molecular complexity index is 1170. The molecular formula is C27H34F3N5O6. The molecule has 0 unspecified atom stereocenters. The number of carbonyl (C=O) groups is 3. The van der Waals surface area contributed by atoms with E-state index < -0.39 is 18.1 Å². The van der Waals surface area contributed by atoms with Gasteiger partial charge in [0.25, 0.3) is 0 Å². The van der Waals surface area contributed by atoms with Gasteiger partial charge in [-0.3, -0.25) is 9.69 Å². The average molecular weight is 582 g/mol. The molecule has 1 fully saturated rings. The lowest BCUT2D eigenvalue weighted by Crippen LogP contribution is -2.52. The summed E-state index contributed by atoms with van der Waals surface area (Å²) >= 11 is 0. The Hall–Kier alpha value is -4.17. The smallest absolute Gasteiger partial charge is 0.478 e. The summed E-state index contributed by atoms with van der Waals surface area (Å²) in [5, 5.41) is 22.5. The lowest BCUT2D eigenvalue weighted by molar-refractivity contribution is -0.192. The summed E-state index contributed by atoms with van der Waals surface area (Å²) in [6.45, 7) is 6.86. The Labute approximate surface area is 235 Å².